The molecule has 0 bridgehead atoms. The van der Waals surface area contributed by atoms with E-state index in [1.807, 2.05) is 37.2 Å². The SMILES string of the molecule is Cc1nn(C)cc1CC(=O)N1CCC(c2ncccc2Cl)CC1. The van der Waals surface area contributed by atoms with E-state index in [2.05, 4.69) is 10.1 Å². The molecule has 1 aliphatic heterocycles. The van der Waals surface area contributed by atoms with Crippen LogP contribution in [-0.2, 0) is 18.3 Å². The highest BCUT2D eigenvalue weighted by Crippen LogP contribution is 2.31. The quantitative estimate of drug-likeness (QED) is 0.868. The zero-order chi connectivity index (χ0) is 16.4. The first kappa shape index (κ1) is 16.0. The van der Waals surface area contributed by atoms with Crippen LogP contribution in [0.2, 0.25) is 5.02 Å². The fourth-order valence-corrected chi connectivity index (χ4v) is 3.47. The van der Waals surface area contributed by atoms with Gasteiger partial charge in [0.1, 0.15) is 0 Å². The first-order valence-corrected chi connectivity index (χ1v) is 8.29. The van der Waals surface area contributed by atoms with E-state index >= 15 is 0 Å². The molecule has 23 heavy (non-hydrogen) atoms. The van der Waals surface area contributed by atoms with Crippen molar-refractivity contribution in [2.75, 3.05) is 13.1 Å². The van der Waals surface area contributed by atoms with Gasteiger partial charge in [0.05, 0.1) is 22.8 Å². The number of rotatable bonds is 3. The molecule has 2 aromatic rings. The summed E-state index contributed by atoms with van der Waals surface area (Å²) in [5.41, 5.74) is 2.90. The number of amides is 1. The summed E-state index contributed by atoms with van der Waals surface area (Å²) >= 11 is 6.23. The molecule has 0 aliphatic carbocycles. The molecule has 1 amide bonds. The number of aryl methyl sites for hydroxylation is 2. The molecular formula is C17H21ClN4O. The van der Waals surface area contributed by atoms with Gasteiger partial charge in [-0.3, -0.25) is 14.5 Å². The number of halogens is 1. The molecule has 2 aromatic heterocycles. The molecule has 1 fully saturated rings. The summed E-state index contributed by atoms with van der Waals surface area (Å²) in [6, 6.07) is 3.73. The lowest BCUT2D eigenvalue weighted by Gasteiger charge is -2.32. The van der Waals surface area contributed by atoms with Gasteiger partial charge in [0.15, 0.2) is 0 Å². The van der Waals surface area contributed by atoms with E-state index in [1.54, 1.807) is 10.9 Å². The van der Waals surface area contributed by atoms with Gasteiger partial charge in [-0.25, -0.2) is 0 Å². The van der Waals surface area contributed by atoms with Crippen LogP contribution in [0.4, 0.5) is 0 Å². The maximum absolute atomic E-state index is 12.5. The largest absolute Gasteiger partial charge is 0.342 e. The first-order chi connectivity index (χ1) is 11.0. The average Bonchev–Trinajstić information content (AvgIpc) is 2.85. The number of aromatic nitrogens is 3. The number of carbonyl (C=O) groups is 1. The van der Waals surface area contributed by atoms with Crippen LogP contribution in [0.5, 0.6) is 0 Å². The van der Waals surface area contributed by atoms with Crippen LogP contribution in [0.25, 0.3) is 0 Å². The lowest BCUT2D eigenvalue weighted by Crippen LogP contribution is -2.39. The molecule has 0 unspecified atom stereocenters. The molecule has 0 aromatic carbocycles. The Labute approximate surface area is 141 Å². The number of piperidine rings is 1. The lowest BCUT2D eigenvalue weighted by molar-refractivity contribution is -0.131. The van der Waals surface area contributed by atoms with Gasteiger partial charge in [0, 0.05) is 44.0 Å². The minimum atomic E-state index is 0.173. The number of pyridine rings is 1. The topological polar surface area (TPSA) is 51.0 Å². The van der Waals surface area contributed by atoms with E-state index in [4.69, 9.17) is 11.6 Å². The molecule has 6 heteroatoms. The molecule has 1 aliphatic rings. The van der Waals surface area contributed by atoms with E-state index in [0.29, 0.717) is 12.3 Å². The second kappa shape index (κ2) is 6.71. The normalized spacial score (nSPS) is 15.9. The van der Waals surface area contributed by atoms with Gasteiger partial charge in [-0.2, -0.15) is 5.10 Å². The summed E-state index contributed by atoms with van der Waals surface area (Å²) in [6.07, 6.45) is 5.95. The van der Waals surface area contributed by atoms with Crippen molar-refractivity contribution in [2.24, 2.45) is 7.05 Å². The molecule has 0 spiro atoms. The van der Waals surface area contributed by atoms with Gasteiger partial charge in [-0.1, -0.05) is 11.6 Å². The van der Waals surface area contributed by atoms with E-state index in [9.17, 15) is 4.79 Å². The molecule has 1 saturated heterocycles. The third-order valence-corrected chi connectivity index (χ3v) is 4.80. The predicted octanol–water partition coefficient (Wildman–Crippen LogP) is 2.73. The van der Waals surface area contributed by atoms with Gasteiger partial charge >= 0.3 is 0 Å². The first-order valence-electron chi connectivity index (χ1n) is 7.92. The van der Waals surface area contributed by atoms with Crippen LogP contribution in [-0.4, -0.2) is 38.7 Å². The van der Waals surface area contributed by atoms with Gasteiger partial charge in [0.25, 0.3) is 0 Å². The Morgan fingerprint density at radius 1 is 1.39 bits per heavy atom. The molecular weight excluding hydrogens is 312 g/mol. The van der Waals surface area contributed by atoms with Gasteiger partial charge in [-0.15, -0.1) is 0 Å². The van der Waals surface area contributed by atoms with Crippen LogP contribution in [0.15, 0.2) is 24.5 Å². The third kappa shape index (κ3) is 3.55. The summed E-state index contributed by atoms with van der Waals surface area (Å²) in [4.78, 5) is 18.8. The zero-order valence-electron chi connectivity index (χ0n) is 13.5. The summed E-state index contributed by atoms with van der Waals surface area (Å²) in [5.74, 6) is 0.513. The van der Waals surface area contributed by atoms with Gasteiger partial charge in [0.2, 0.25) is 5.91 Å². The van der Waals surface area contributed by atoms with Crippen molar-refractivity contribution in [2.45, 2.75) is 32.1 Å². The highest BCUT2D eigenvalue weighted by molar-refractivity contribution is 6.31. The highest BCUT2D eigenvalue weighted by Gasteiger charge is 2.26. The maximum atomic E-state index is 12.5. The van der Waals surface area contributed by atoms with Gasteiger partial charge < -0.3 is 4.90 Å². The minimum absolute atomic E-state index is 0.173. The van der Waals surface area contributed by atoms with Crippen LogP contribution >= 0.6 is 11.6 Å². The predicted molar refractivity (Wildman–Crippen MR) is 89.5 cm³/mol. The van der Waals surface area contributed by atoms with Crippen LogP contribution < -0.4 is 0 Å². The average molecular weight is 333 g/mol. The smallest absolute Gasteiger partial charge is 0.227 e. The van der Waals surface area contributed by atoms with E-state index < -0.39 is 0 Å². The van der Waals surface area contributed by atoms with Crippen LogP contribution in [0, 0.1) is 6.92 Å². The Balaban J connectivity index is 1.59. The lowest BCUT2D eigenvalue weighted by atomic mass is 9.92. The summed E-state index contributed by atoms with van der Waals surface area (Å²) in [6.45, 7) is 3.46. The fraction of sp³-hybridized carbons (Fsp3) is 0.471. The summed E-state index contributed by atoms with van der Waals surface area (Å²) in [7, 11) is 1.88. The van der Waals surface area contributed by atoms with Crippen LogP contribution in [0.1, 0.15) is 35.7 Å². The highest BCUT2D eigenvalue weighted by atomic mass is 35.5. The number of carbonyl (C=O) groups excluding carboxylic acids is 1. The Bertz CT molecular complexity index is 704. The third-order valence-electron chi connectivity index (χ3n) is 4.48. The van der Waals surface area contributed by atoms with E-state index in [-0.39, 0.29) is 5.91 Å². The molecule has 0 saturated carbocycles. The van der Waals surface area contributed by atoms with Crippen LogP contribution in [0.3, 0.4) is 0 Å². The standard InChI is InChI=1S/C17H21ClN4O/c1-12-14(11-21(2)20-12)10-16(23)22-8-5-13(6-9-22)17-15(18)4-3-7-19-17/h3-4,7,11,13H,5-6,8-10H2,1-2H3. The molecule has 0 atom stereocenters. The number of nitrogens with zero attached hydrogens (tertiary/aromatic N) is 4. The number of hydrogen-bond acceptors (Lipinski definition) is 3. The van der Waals surface area contributed by atoms with Gasteiger partial charge in [-0.05, 0) is 31.9 Å². The minimum Gasteiger partial charge on any atom is -0.342 e. The second-order valence-electron chi connectivity index (χ2n) is 6.12. The Morgan fingerprint density at radius 3 is 2.74 bits per heavy atom. The maximum Gasteiger partial charge on any atom is 0.227 e. The molecule has 3 heterocycles. The summed E-state index contributed by atoms with van der Waals surface area (Å²) in [5, 5.41) is 5.02. The van der Waals surface area contributed by atoms with Crippen molar-refractivity contribution in [3.05, 3.63) is 46.5 Å². The van der Waals surface area contributed by atoms with E-state index in [0.717, 1.165) is 47.9 Å². The monoisotopic (exact) mass is 332 g/mol. The van der Waals surface area contributed by atoms with Crippen molar-refractivity contribution in [3.63, 3.8) is 0 Å². The zero-order valence-corrected chi connectivity index (χ0v) is 14.3. The molecule has 5 nitrogen and oxygen atoms in total. The van der Waals surface area contributed by atoms with Crippen molar-refractivity contribution >= 4 is 17.5 Å². The molecule has 0 N–H and O–H groups in total. The van der Waals surface area contributed by atoms with Crippen molar-refractivity contribution in [1.82, 2.24) is 19.7 Å². The molecule has 3 rings (SSSR count). The molecule has 0 radical (unpaired) electrons. The second-order valence-corrected chi connectivity index (χ2v) is 6.52. The number of hydrogen-bond donors (Lipinski definition) is 0. The summed E-state index contributed by atoms with van der Waals surface area (Å²) < 4.78 is 1.76. The Kier molecular flexibility index (Phi) is 4.66. The molecule has 122 valence electrons. The van der Waals surface area contributed by atoms with Crippen molar-refractivity contribution in [3.8, 4) is 0 Å². The fourth-order valence-electron chi connectivity index (χ4n) is 3.20. The van der Waals surface area contributed by atoms with E-state index in [1.165, 1.54) is 0 Å². The van der Waals surface area contributed by atoms with Crippen molar-refractivity contribution in [1.29, 1.82) is 0 Å². The Hall–Kier alpha value is -1.88. The number of likely N-dealkylation sites (tertiary alicyclic amines) is 1. The Morgan fingerprint density at radius 2 is 2.13 bits per heavy atom. The van der Waals surface area contributed by atoms with Crippen molar-refractivity contribution < 1.29 is 4.79 Å².